The second kappa shape index (κ2) is 10.9. The predicted octanol–water partition coefficient (Wildman–Crippen LogP) is 3.06. The summed E-state index contributed by atoms with van der Waals surface area (Å²) in [5.41, 5.74) is 0.955. The average Bonchev–Trinajstić information content (AvgIpc) is 3.26. The number of hydrogen-bond donors (Lipinski definition) is 3. The van der Waals surface area contributed by atoms with Crippen molar-refractivity contribution >= 4 is 38.9 Å². The van der Waals surface area contributed by atoms with Gasteiger partial charge in [0, 0.05) is 24.4 Å². The van der Waals surface area contributed by atoms with E-state index in [2.05, 4.69) is 15.4 Å². The minimum absolute atomic E-state index is 0.00548. The predicted molar refractivity (Wildman–Crippen MR) is 126 cm³/mol. The first kappa shape index (κ1) is 24.1. The van der Waals surface area contributed by atoms with Crippen molar-refractivity contribution in [2.75, 3.05) is 18.5 Å². The van der Waals surface area contributed by atoms with Gasteiger partial charge < -0.3 is 14.8 Å². The van der Waals surface area contributed by atoms with Crippen LogP contribution in [-0.4, -0.2) is 44.8 Å². The number of hydrogen-bond acceptors (Lipinski definition) is 6. The Morgan fingerprint density at radius 3 is 2.62 bits per heavy atom. The van der Waals surface area contributed by atoms with Crippen molar-refractivity contribution in [2.24, 2.45) is 0 Å². The average molecular weight is 478 g/mol. The van der Waals surface area contributed by atoms with Gasteiger partial charge in [-0.1, -0.05) is 6.07 Å². The Bertz CT molecular complexity index is 1050. The Morgan fingerprint density at radius 1 is 1.22 bits per heavy atom. The summed E-state index contributed by atoms with van der Waals surface area (Å²) in [6, 6.07) is 12.9. The second-order valence-electron chi connectivity index (χ2n) is 7.61. The summed E-state index contributed by atoms with van der Waals surface area (Å²) in [7, 11) is -3.63. The third-order valence-corrected chi connectivity index (χ3v) is 6.29. The van der Waals surface area contributed by atoms with Gasteiger partial charge in [0.05, 0.1) is 17.1 Å². The van der Waals surface area contributed by atoms with Crippen LogP contribution in [0, 0.1) is 0 Å². The maximum absolute atomic E-state index is 12.5. The molecule has 1 saturated heterocycles. The van der Waals surface area contributed by atoms with Crippen molar-refractivity contribution in [3.8, 4) is 5.75 Å². The number of nitrogens with one attached hydrogen (secondary N) is 3. The highest BCUT2D eigenvalue weighted by Crippen LogP contribution is 2.17. The molecule has 10 heteroatoms. The number of anilines is 1. The molecule has 1 amide bonds. The van der Waals surface area contributed by atoms with Crippen LogP contribution in [0.2, 0.25) is 0 Å². The molecule has 1 heterocycles. The third-order valence-electron chi connectivity index (χ3n) is 4.64. The molecular formula is C22H27N3O5S2. The summed E-state index contributed by atoms with van der Waals surface area (Å²) < 4.78 is 38.5. The minimum atomic E-state index is -3.63. The first-order valence-electron chi connectivity index (χ1n) is 10.3. The minimum Gasteiger partial charge on any atom is -0.491 e. The van der Waals surface area contributed by atoms with Crippen LogP contribution in [0.4, 0.5) is 5.69 Å². The standard InChI is InChI=1S/C22H27N3O5S2/c1-15(2)30-18-6-3-5-16(13-18)21(26)25-22(31)24-17-8-10-20(11-9-17)32(27,28)23-14-19-7-4-12-29-19/h3,5-6,8-11,13,15,19,23H,4,7,12,14H2,1-2H3,(H2,24,25,26,31). The van der Waals surface area contributed by atoms with Crippen LogP contribution in [0.25, 0.3) is 0 Å². The van der Waals surface area contributed by atoms with Gasteiger partial charge in [0.15, 0.2) is 5.11 Å². The molecule has 2 aromatic rings. The molecule has 0 aromatic heterocycles. The first-order chi connectivity index (χ1) is 15.2. The van der Waals surface area contributed by atoms with Gasteiger partial charge in [0.1, 0.15) is 5.75 Å². The summed E-state index contributed by atoms with van der Waals surface area (Å²) in [5.74, 6) is 0.214. The molecule has 1 aliphatic rings. The largest absolute Gasteiger partial charge is 0.491 e. The van der Waals surface area contributed by atoms with E-state index in [0.717, 1.165) is 12.8 Å². The van der Waals surface area contributed by atoms with E-state index >= 15 is 0 Å². The number of rotatable bonds is 8. The van der Waals surface area contributed by atoms with E-state index < -0.39 is 10.0 Å². The topological polar surface area (TPSA) is 106 Å². The van der Waals surface area contributed by atoms with E-state index in [9.17, 15) is 13.2 Å². The van der Waals surface area contributed by atoms with E-state index in [1.807, 2.05) is 13.8 Å². The molecule has 0 saturated carbocycles. The number of benzene rings is 2. The van der Waals surface area contributed by atoms with Gasteiger partial charge in [-0.15, -0.1) is 0 Å². The zero-order valence-electron chi connectivity index (χ0n) is 18.0. The molecule has 3 N–H and O–H groups in total. The maximum Gasteiger partial charge on any atom is 0.257 e. The summed E-state index contributed by atoms with van der Waals surface area (Å²) in [6.45, 7) is 4.73. The van der Waals surface area contributed by atoms with E-state index in [1.54, 1.807) is 36.4 Å². The molecule has 172 valence electrons. The number of sulfonamides is 1. The van der Waals surface area contributed by atoms with Crippen LogP contribution < -0.4 is 20.1 Å². The second-order valence-corrected chi connectivity index (χ2v) is 9.79. The molecule has 1 aliphatic heterocycles. The number of carbonyl (C=O) groups excluding carboxylic acids is 1. The molecule has 1 atom stereocenters. The highest BCUT2D eigenvalue weighted by molar-refractivity contribution is 7.89. The lowest BCUT2D eigenvalue weighted by molar-refractivity contribution is 0.0977. The maximum atomic E-state index is 12.5. The van der Waals surface area contributed by atoms with Crippen LogP contribution in [0.15, 0.2) is 53.4 Å². The van der Waals surface area contributed by atoms with Crippen LogP contribution in [0.1, 0.15) is 37.0 Å². The van der Waals surface area contributed by atoms with E-state index in [1.165, 1.54) is 12.1 Å². The highest BCUT2D eigenvalue weighted by Gasteiger charge is 2.20. The molecule has 2 aromatic carbocycles. The fourth-order valence-electron chi connectivity index (χ4n) is 3.13. The van der Waals surface area contributed by atoms with Gasteiger partial charge in [-0.25, -0.2) is 13.1 Å². The summed E-state index contributed by atoms with van der Waals surface area (Å²) in [4.78, 5) is 12.6. The summed E-state index contributed by atoms with van der Waals surface area (Å²) in [6.07, 6.45) is 1.71. The van der Waals surface area contributed by atoms with Gasteiger partial charge in [-0.05, 0) is 81.4 Å². The van der Waals surface area contributed by atoms with Crippen LogP contribution in [-0.2, 0) is 14.8 Å². The Hall–Kier alpha value is -2.53. The molecule has 32 heavy (non-hydrogen) atoms. The normalized spacial score (nSPS) is 16.0. The van der Waals surface area contributed by atoms with Gasteiger partial charge in [-0.3, -0.25) is 10.1 Å². The Kier molecular flexibility index (Phi) is 8.19. The highest BCUT2D eigenvalue weighted by atomic mass is 32.2. The Balaban J connectivity index is 1.54. The number of carbonyl (C=O) groups is 1. The number of ether oxygens (including phenoxy) is 2. The van der Waals surface area contributed by atoms with E-state index in [4.69, 9.17) is 21.7 Å². The van der Waals surface area contributed by atoms with Crippen molar-refractivity contribution in [2.45, 2.75) is 43.8 Å². The molecule has 8 nitrogen and oxygen atoms in total. The quantitative estimate of drug-likeness (QED) is 0.502. The molecule has 0 bridgehead atoms. The zero-order chi connectivity index (χ0) is 23.1. The SMILES string of the molecule is CC(C)Oc1cccc(C(=O)NC(=S)Nc2ccc(S(=O)(=O)NCC3CCCO3)cc2)c1. The summed E-state index contributed by atoms with van der Waals surface area (Å²) in [5, 5.41) is 5.58. The van der Waals surface area contributed by atoms with E-state index in [-0.39, 0.29) is 34.7 Å². The van der Waals surface area contributed by atoms with E-state index in [0.29, 0.717) is 23.6 Å². The lowest BCUT2D eigenvalue weighted by Gasteiger charge is -2.13. The molecule has 0 radical (unpaired) electrons. The molecule has 1 unspecified atom stereocenters. The number of amides is 1. The van der Waals surface area contributed by atoms with Crippen LogP contribution in [0.3, 0.4) is 0 Å². The molecular weight excluding hydrogens is 450 g/mol. The van der Waals surface area contributed by atoms with Gasteiger partial charge >= 0.3 is 0 Å². The van der Waals surface area contributed by atoms with Crippen LogP contribution in [0.5, 0.6) is 5.75 Å². The van der Waals surface area contributed by atoms with Crippen molar-refractivity contribution in [3.63, 3.8) is 0 Å². The molecule has 0 aliphatic carbocycles. The lowest BCUT2D eigenvalue weighted by Crippen LogP contribution is -2.34. The van der Waals surface area contributed by atoms with Gasteiger partial charge in [0.2, 0.25) is 10.0 Å². The van der Waals surface area contributed by atoms with Crippen molar-refractivity contribution in [1.82, 2.24) is 10.0 Å². The van der Waals surface area contributed by atoms with Crippen LogP contribution >= 0.6 is 12.2 Å². The molecule has 0 spiro atoms. The number of thiocarbonyl (C=S) groups is 1. The lowest BCUT2D eigenvalue weighted by atomic mass is 10.2. The Morgan fingerprint density at radius 2 is 1.97 bits per heavy atom. The van der Waals surface area contributed by atoms with Crippen molar-refractivity contribution < 1.29 is 22.7 Å². The first-order valence-corrected chi connectivity index (χ1v) is 12.2. The van der Waals surface area contributed by atoms with Crippen molar-refractivity contribution in [3.05, 3.63) is 54.1 Å². The fourth-order valence-corrected chi connectivity index (χ4v) is 4.41. The summed E-state index contributed by atoms with van der Waals surface area (Å²) >= 11 is 5.21. The fraction of sp³-hybridized carbons (Fsp3) is 0.364. The third kappa shape index (κ3) is 6.99. The molecule has 3 rings (SSSR count). The smallest absolute Gasteiger partial charge is 0.257 e. The van der Waals surface area contributed by atoms with Gasteiger partial charge in [0.25, 0.3) is 5.91 Å². The molecule has 1 fully saturated rings. The monoisotopic (exact) mass is 477 g/mol. The van der Waals surface area contributed by atoms with Gasteiger partial charge in [-0.2, -0.15) is 0 Å². The zero-order valence-corrected chi connectivity index (χ0v) is 19.6. The van der Waals surface area contributed by atoms with Crippen molar-refractivity contribution in [1.29, 1.82) is 0 Å². The Labute approximate surface area is 193 Å².